The minimum atomic E-state index is -0.652. The summed E-state index contributed by atoms with van der Waals surface area (Å²) in [5.41, 5.74) is 6.84. The molecule has 14 heavy (non-hydrogen) atoms. The van der Waals surface area contributed by atoms with Crippen molar-refractivity contribution in [3.8, 4) is 0 Å². The second-order valence-electron chi connectivity index (χ2n) is 3.15. The Morgan fingerprint density at radius 2 is 2.14 bits per heavy atom. The van der Waals surface area contributed by atoms with E-state index in [2.05, 4.69) is 0 Å². The van der Waals surface area contributed by atoms with E-state index < -0.39 is 6.10 Å². The molecule has 0 aliphatic carbocycles. The molecule has 0 aliphatic rings. The second kappa shape index (κ2) is 5.20. The largest absolute Gasteiger partial charge is 0.398 e. The summed E-state index contributed by atoms with van der Waals surface area (Å²) < 4.78 is 0. The summed E-state index contributed by atoms with van der Waals surface area (Å²) in [6.07, 6.45) is 0.384. The molecule has 4 heteroatoms. The number of aliphatic hydroxyl groups excluding tert-OH is 2. The Morgan fingerprint density at radius 1 is 1.43 bits per heavy atom. The molecule has 78 valence electrons. The fourth-order valence-electron chi connectivity index (χ4n) is 1.27. The lowest BCUT2D eigenvalue weighted by atomic mass is 10.0. The zero-order chi connectivity index (χ0) is 10.6. The number of aliphatic hydroxyl groups is 2. The molecule has 4 N–H and O–H groups in total. The van der Waals surface area contributed by atoms with Crippen LogP contribution in [0.5, 0.6) is 0 Å². The first-order chi connectivity index (χ1) is 6.65. The van der Waals surface area contributed by atoms with Crippen LogP contribution in [0.3, 0.4) is 0 Å². The normalized spacial score (nSPS) is 12.8. The van der Waals surface area contributed by atoms with Gasteiger partial charge in [0.2, 0.25) is 0 Å². The summed E-state index contributed by atoms with van der Waals surface area (Å²) >= 11 is 5.78. The molecule has 1 aromatic carbocycles. The number of hydrogen-bond acceptors (Lipinski definition) is 3. The van der Waals surface area contributed by atoms with Gasteiger partial charge < -0.3 is 15.9 Å². The van der Waals surface area contributed by atoms with E-state index in [1.807, 2.05) is 0 Å². The van der Waals surface area contributed by atoms with Crippen molar-refractivity contribution < 1.29 is 10.2 Å². The molecule has 0 amide bonds. The molecule has 0 bridgehead atoms. The molecule has 0 saturated heterocycles. The summed E-state index contributed by atoms with van der Waals surface area (Å²) in [5.74, 6) is 0. The van der Waals surface area contributed by atoms with Crippen LogP contribution < -0.4 is 5.73 Å². The van der Waals surface area contributed by atoms with E-state index in [-0.39, 0.29) is 6.61 Å². The van der Waals surface area contributed by atoms with Crippen molar-refractivity contribution in [1.29, 1.82) is 0 Å². The lowest BCUT2D eigenvalue weighted by molar-refractivity contribution is 0.152. The van der Waals surface area contributed by atoms with Crippen molar-refractivity contribution in [2.45, 2.75) is 18.9 Å². The van der Waals surface area contributed by atoms with Crippen LogP contribution >= 0.6 is 11.6 Å². The van der Waals surface area contributed by atoms with Gasteiger partial charge in [0.1, 0.15) is 0 Å². The number of nitrogens with two attached hydrogens (primary N) is 1. The molecule has 0 aliphatic heterocycles. The minimum absolute atomic E-state index is 0.0670. The van der Waals surface area contributed by atoms with Crippen molar-refractivity contribution >= 4 is 17.3 Å². The first kappa shape index (κ1) is 11.3. The molecule has 1 atom stereocenters. The third-order valence-corrected chi connectivity index (χ3v) is 2.28. The Balaban J connectivity index is 2.77. The van der Waals surface area contributed by atoms with E-state index in [9.17, 15) is 5.11 Å². The molecule has 0 spiro atoms. The predicted molar refractivity (Wildman–Crippen MR) is 57.1 cm³/mol. The smallest absolute Gasteiger partial charge is 0.0811 e. The van der Waals surface area contributed by atoms with Gasteiger partial charge in [-0.15, -0.1) is 0 Å². The Kier molecular flexibility index (Phi) is 4.20. The fourth-order valence-corrected chi connectivity index (χ4v) is 1.45. The monoisotopic (exact) mass is 215 g/mol. The Hall–Kier alpha value is -0.770. The van der Waals surface area contributed by atoms with Crippen molar-refractivity contribution in [1.82, 2.24) is 0 Å². The highest BCUT2D eigenvalue weighted by Gasteiger charge is 2.10. The second-order valence-corrected chi connectivity index (χ2v) is 3.59. The Labute approximate surface area is 88.1 Å². The van der Waals surface area contributed by atoms with Crippen molar-refractivity contribution in [3.63, 3.8) is 0 Å². The molecule has 0 radical (unpaired) electrons. The Morgan fingerprint density at radius 3 is 2.79 bits per heavy atom. The maximum Gasteiger partial charge on any atom is 0.0811 e. The van der Waals surface area contributed by atoms with Crippen molar-refractivity contribution in [2.24, 2.45) is 0 Å². The third-order valence-electron chi connectivity index (χ3n) is 2.04. The van der Waals surface area contributed by atoms with Gasteiger partial charge in [-0.2, -0.15) is 0 Å². The molecule has 1 unspecified atom stereocenters. The topological polar surface area (TPSA) is 66.5 Å². The van der Waals surface area contributed by atoms with E-state index in [0.29, 0.717) is 29.1 Å². The van der Waals surface area contributed by atoms with Crippen LogP contribution in [0.4, 0.5) is 5.69 Å². The molecule has 1 rings (SSSR count). The highest BCUT2D eigenvalue weighted by Crippen LogP contribution is 2.26. The van der Waals surface area contributed by atoms with Crippen LogP contribution in [0.2, 0.25) is 5.02 Å². The number of anilines is 1. The molecule has 0 fully saturated rings. The highest BCUT2D eigenvalue weighted by molar-refractivity contribution is 6.30. The maximum atomic E-state index is 9.71. The van der Waals surface area contributed by atoms with Gasteiger partial charge in [0.05, 0.1) is 6.10 Å². The van der Waals surface area contributed by atoms with E-state index in [0.717, 1.165) is 0 Å². The Bertz CT molecular complexity index is 304. The van der Waals surface area contributed by atoms with Gasteiger partial charge in [0.15, 0.2) is 0 Å². The summed E-state index contributed by atoms with van der Waals surface area (Å²) in [6, 6.07) is 5.00. The van der Waals surface area contributed by atoms with Gasteiger partial charge >= 0.3 is 0 Å². The van der Waals surface area contributed by atoms with Crippen molar-refractivity contribution in [3.05, 3.63) is 28.8 Å². The lowest BCUT2D eigenvalue weighted by Gasteiger charge is -2.12. The average molecular weight is 216 g/mol. The molecule has 0 saturated carbocycles. The molecule has 0 aromatic heterocycles. The number of hydrogen-bond donors (Lipinski definition) is 3. The van der Waals surface area contributed by atoms with Gasteiger partial charge in [0, 0.05) is 22.9 Å². The van der Waals surface area contributed by atoms with E-state index in [1.165, 1.54) is 0 Å². The minimum Gasteiger partial charge on any atom is -0.398 e. The van der Waals surface area contributed by atoms with Crippen LogP contribution in [-0.2, 0) is 0 Å². The van der Waals surface area contributed by atoms with Gasteiger partial charge in [0.25, 0.3) is 0 Å². The first-order valence-electron chi connectivity index (χ1n) is 4.49. The summed E-state index contributed by atoms with van der Waals surface area (Å²) in [7, 11) is 0. The maximum absolute atomic E-state index is 9.71. The van der Waals surface area contributed by atoms with Gasteiger partial charge in [-0.1, -0.05) is 11.6 Å². The third kappa shape index (κ3) is 2.87. The van der Waals surface area contributed by atoms with Crippen LogP contribution in [0.15, 0.2) is 18.2 Å². The molecule has 3 nitrogen and oxygen atoms in total. The quantitative estimate of drug-likeness (QED) is 0.671. The summed E-state index contributed by atoms with van der Waals surface area (Å²) in [4.78, 5) is 0. The van der Waals surface area contributed by atoms with E-state index >= 15 is 0 Å². The van der Waals surface area contributed by atoms with Crippen LogP contribution in [0, 0.1) is 0 Å². The molecule has 1 aromatic rings. The zero-order valence-corrected chi connectivity index (χ0v) is 8.54. The van der Waals surface area contributed by atoms with Crippen LogP contribution in [-0.4, -0.2) is 16.8 Å². The number of halogens is 1. The first-order valence-corrected chi connectivity index (χ1v) is 4.87. The van der Waals surface area contributed by atoms with Crippen LogP contribution in [0.25, 0.3) is 0 Å². The molecular formula is C10H14ClNO2. The van der Waals surface area contributed by atoms with Gasteiger partial charge in [-0.05, 0) is 31.0 Å². The van der Waals surface area contributed by atoms with Crippen LogP contribution in [0.1, 0.15) is 24.5 Å². The summed E-state index contributed by atoms with van der Waals surface area (Å²) in [6.45, 7) is 0.0670. The number of nitrogen functional groups attached to an aromatic ring is 1. The predicted octanol–water partition coefficient (Wildman–Crippen LogP) is 1.73. The highest BCUT2D eigenvalue weighted by atomic mass is 35.5. The standard InChI is InChI=1S/C10H14ClNO2/c11-7-3-4-9(12)8(6-7)10(14)2-1-5-13/h3-4,6,10,13-14H,1-2,5,12H2. The fraction of sp³-hybridized carbons (Fsp3) is 0.400. The zero-order valence-electron chi connectivity index (χ0n) is 7.78. The molecule has 0 heterocycles. The molecular weight excluding hydrogens is 202 g/mol. The van der Waals surface area contributed by atoms with E-state index in [4.69, 9.17) is 22.4 Å². The number of benzene rings is 1. The number of rotatable bonds is 4. The summed E-state index contributed by atoms with van der Waals surface area (Å²) in [5, 5.41) is 18.9. The van der Waals surface area contributed by atoms with Gasteiger partial charge in [-0.25, -0.2) is 0 Å². The average Bonchev–Trinajstić information content (AvgIpc) is 2.18. The SMILES string of the molecule is Nc1ccc(Cl)cc1C(O)CCCO. The van der Waals surface area contributed by atoms with Crippen molar-refractivity contribution in [2.75, 3.05) is 12.3 Å². The van der Waals surface area contributed by atoms with E-state index in [1.54, 1.807) is 18.2 Å². The van der Waals surface area contributed by atoms with Gasteiger partial charge in [-0.3, -0.25) is 0 Å². The lowest BCUT2D eigenvalue weighted by Crippen LogP contribution is -2.03.